The van der Waals surface area contributed by atoms with Gasteiger partial charge in [0.1, 0.15) is 0 Å². The van der Waals surface area contributed by atoms with Crippen LogP contribution in [0.5, 0.6) is 0 Å². The van der Waals surface area contributed by atoms with Gasteiger partial charge in [-0.2, -0.15) is 9.40 Å². The summed E-state index contributed by atoms with van der Waals surface area (Å²) in [6.45, 7) is 1.29. The number of nitrogens with one attached hydrogen (secondary N) is 1. The van der Waals surface area contributed by atoms with Crippen molar-refractivity contribution in [1.82, 2.24) is 14.1 Å². The number of piperidine rings is 1. The Hall–Kier alpha value is -3.23. The van der Waals surface area contributed by atoms with Gasteiger partial charge in [0.25, 0.3) is 0 Å². The lowest BCUT2D eigenvalue weighted by Gasteiger charge is -2.29. The van der Waals surface area contributed by atoms with Gasteiger partial charge in [-0.25, -0.2) is 8.42 Å². The number of rotatable bonds is 7. The molecule has 7 nitrogen and oxygen atoms in total. The Bertz CT molecular complexity index is 1170. The molecule has 8 heteroatoms. The van der Waals surface area contributed by atoms with Crippen LogP contribution >= 0.6 is 0 Å². The number of anilines is 1. The smallest absolute Gasteiger partial charge is 0.236 e. The highest BCUT2D eigenvalue weighted by Gasteiger charge is 2.30. The zero-order chi connectivity index (χ0) is 22.4. The minimum absolute atomic E-state index is 0.0712. The fourth-order valence-electron chi connectivity index (χ4n) is 3.76. The van der Waals surface area contributed by atoms with Gasteiger partial charge in [-0.1, -0.05) is 42.5 Å². The molecule has 4 rings (SSSR count). The Balaban J connectivity index is 1.31. The molecule has 1 aliphatic rings. The van der Waals surface area contributed by atoms with Gasteiger partial charge in [0, 0.05) is 42.5 Å². The number of amides is 1. The molecule has 0 unspecified atom stereocenters. The van der Waals surface area contributed by atoms with E-state index in [2.05, 4.69) is 10.4 Å². The van der Waals surface area contributed by atoms with Crippen molar-refractivity contribution in [2.24, 2.45) is 5.92 Å². The second-order valence-electron chi connectivity index (χ2n) is 7.82. The van der Waals surface area contributed by atoms with Crippen molar-refractivity contribution >= 4 is 27.7 Å². The quantitative estimate of drug-likeness (QED) is 0.596. The molecule has 0 atom stereocenters. The predicted octanol–water partition coefficient (Wildman–Crippen LogP) is 3.58. The van der Waals surface area contributed by atoms with Gasteiger partial charge >= 0.3 is 0 Å². The molecule has 0 bridgehead atoms. The summed E-state index contributed by atoms with van der Waals surface area (Å²) in [5.74, 6) is -0.285. The van der Waals surface area contributed by atoms with Crippen LogP contribution in [0, 0.1) is 5.92 Å². The van der Waals surface area contributed by atoms with E-state index >= 15 is 0 Å². The zero-order valence-corrected chi connectivity index (χ0v) is 18.5. The summed E-state index contributed by atoms with van der Waals surface area (Å²) in [7, 11) is -3.51. The van der Waals surface area contributed by atoms with Gasteiger partial charge in [-0.05, 0) is 48.2 Å². The number of carbonyl (C=O) groups excluding carboxylic acids is 1. The maximum atomic E-state index is 12.8. The topological polar surface area (TPSA) is 84.3 Å². The summed E-state index contributed by atoms with van der Waals surface area (Å²) >= 11 is 0. The van der Waals surface area contributed by atoms with Crippen LogP contribution in [0.4, 0.5) is 5.69 Å². The van der Waals surface area contributed by atoms with Crippen molar-refractivity contribution in [2.75, 3.05) is 18.4 Å². The van der Waals surface area contributed by atoms with Gasteiger partial charge in [0.15, 0.2) is 0 Å². The first-order valence-electron chi connectivity index (χ1n) is 10.6. The van der Waals surface area contributed by atoms with Crippen LogP contribution in [-0.4, -0.2) is 41.5 Å². The number of carbonyl (C=O) groups is 1. The summed E-state index contributed by atoms with van der Waals surface area (Å²) in [6.07, 6.45) is 6.22. The molecule has 1 fully saturated rings. The van der Waals surface area contributed by atoms with Crippen LogP contribution in [0.25, 0.3) is 6.08 Å². The maximum absolute atomic E-state index is 12.8. The lowest BCUT2D eigenvalue weighted by Crippen LogP contribution is -2.40. The van der Waals surface area contributed by atoms with Crippen molar-refractivity contribution in [3.63, 3.8) is 0 Å². The second-order valence-corrected chi connectivity index (χ2v) is 9.64. The molecule has 0 radical (unpaired) electrons. The van der Waals surface area contributed by atoms with Crippen molar-refractivity contribution in [3.8, 4) is 0 Å². The number of nitrogens with zero attached hydrogens (tertiary/aromatic N) is 3. The fourth-order valence-corrected chi connectivity index (χ4v) is 4.98. The van der Waals surface area contributed by atoms with E-state index in [0.717, 1.165) is 16.8 Å². The zero-order valence-electron chi connectivity index (χ0n) is 17.7. The third-order valence-corrected chi connectivity index (χ3v) is 7.08. The summed E-state index contributed by atoms with van der Waals surface area (Å²) < 4.78 is 28.5. The highest BCUT2D eigenvalue weighted by Crippen LogP contribution is 2.23. The molecule has 166 valence electrons. The average molecular weight is 451 g/mol. The van der Waals surface area contributed by atoms with Gasteiger partial charge in [0.2, 0.25) is 15.9 Å². The lowest BCUT2D eigenvalue weighted by molar-refractivity contribution is -0.120. The van der Waals surface area contributed by atoms with Crippen LogP contribution in [0.1, 0.15) is 24.0 Å². The largest absolute Gasteiger partial charge is 0.326 e. The first-order valence-corrected chi connectivity index (χ1v) is 12.1. The number of hydrogen-bond donors (Lipinski definition) is 1. The molecule has 1 aliphatic heterocycles. The second kappa shape index (κ2) is 9.93. The normalized spacial score (nSPS) is 15.8. The highest BCUT2D eigenvalue weighted by molar-refractivity contribution is 7.92. The predicted molar refractivity (Wildman–Crippen MR) is 125 cm³/mol. The number of benzene rings is 2. The van der Waals surface area contributed by atoms with E-state index < -0.39 is 10.0 Å². The lowest BCUT2D eigenvalue weighted by atomic mass is 9.97. The minimum Gasteiger partial charge on any atom is -0.326 e. The van der Waals surface area contributed by atoms with Gasteiger partial charge in [-0.15, -0.1) is 0 Å². The first kappa shape index (κ1) is 22.0. The van der Waals surface area contributed by atoms with E-state index in [-0.39, 0.29) is 11.8 Å². The van der Waals surface area contributed by atoms with E-state index in [0.29, 0.717) is 32.5 Å². The highest BCUT2D eigenvalue weighted by atomic mass is 32.2. The first-order chi connectivity index (χ1) is 15.5. The molecule has 1 aromatic heterocycles. The number of hydrogen-bond acceptors (Lipinski definition) is 4. The summed E-state index contributed by atoms with van der Waals surface area (Å²) in [4.78, 5) is 12.8. The maximum Gasteiger partial charge on any atom is 0.236 e. The molecule has 2 heterocycles. The van der Waals surface area contributed by atoms with Crippen LogP contribution < -0.4 is 5.32 Å². The Labute approximate surface area is 188 Å². The van der Waals surface area contributed by atoms with Crippen LogP contribution in [0.2, 0.25) is 0 Å². The van der Waals surface area contributed by atoms with Crippen LogP contribution in [0.3, 0.4) is 0 Å². The Morgan fingerprint density at radius 1 is 1.06 bits per heavy atom. The van der Waals surface area contributed by atoms with E-state index in [1.165, 1.54) is 9.71 Å². The third-order valence-electron chi connectivity index (χ3n) is 5.51. The minimum atomic E-state index is -3.51. The Morgan fingerprint density at radius 2 is 1.84 bits per heavy atom. The van der Waals surface area contributed by atoms with Crippen molar-refractivity contribution in [1.29, 1.82) is 0 Å². The van der Waals surface area contributed by atoms with Gasteiger partial charge in [-0.3, -0.25) is 9.48 Å². The van der Waals surface area contributed by atoms with E-state index in [1.807, 2.05) is 71.5 Å². The van der Waals surface area contributed by atoms with Gasteiger partial charge in [0.05, 0.1) is 6.54 Å². The summed E-state index contributed by atoms with van der Waals surface area (Å²) in [5, 5.41) is 8.43. The molecule has 0 spiro atoms. The molecular formula is C24H26N4O3S. The SMILES string of the molecule is O=C(Nc1cccc(Cn2cccn2)c1)C1CCN(S(=O)(=O)/C=C/c2ccccc2)CC1. The molecule has 32 heavy (non-hydrogen) atoms. The number of sulfonamides is 1. The van der Waals surface area contributed by atoms with Crippen molar-refractivity contribution in [3.05, 3.63) is 89.6 Å². The monoisotopic (exact) mass is 450 g/mol. The molecule has 2 aromatic carbocycles. The van der Waals surface area contributed by atoms with Crippen LogP contribution in [0.15, 0.2) is 78.5 Å². The summed E-state index contributed by atoms with van der Waals surface area (Å²) in [6, 6.07) is 18.9. The fraction of sp³-hybridized carbons (Fsp3) is 0.250. The molecule has 1 amide bonds. The summed E-state index contributed by atoms with van der Waals surface area (Å²) in [5.41, 5.74) is 2.61. The Morgan fingerprint density at radius 3 is 2.56 bits per heavy atom. The molecule has 0 saturated carbocycles. The van der Waals surface area contributed by atoms with Crippen molar-refractivity contribution in [2.45, 2.75) is 19.4 Å². The van der Waals surface area contributed by atoms with E-state index in [9.17, 15) is 13.2 Å². The molecule has 3 aromatic rings. The Kier molecular flexibility index (Phi) is 6.82. The van der Waals surface area contributed by atoms with Crippen LogP contribution in [-0.2, 0) is 21.4 Å². The van der Waals surface area contributed by atoms with E-state index in [4.69, 9.17) is 0 Å². The third kappa shape index (κ3) is 5.72. The average Bonchev–Trinajstić information content (AvgIpc) is 3.32. The number of aromatic nitrogens is 2. The molecule has 0 aliphatic carbocycles. The van der Waals surface area contributed by atoms with Crippen molar-refractivity contribution < 1.29 is 13.2 Å². The standard InChI is InChI=1S/C24H26N4O3S/c29-24(26-23-9-4-8-21(18-23)19-27-14-5-13-25-27)22-10-15-28(16-11-22)32(30,31)17-12-20-6-2-1-3-7-20/h1-9,12-14,17-18,22H,10-11,15-16,19H2,(H,26,29)/b17-12+. The van der Waals surface area contributed by atoms with E-state index in [1.54, 1.807) is 12.3 Å². The molecular weight excluding hydrogens is 424 g/mol. The van der Waals surface area contributed by atoms with Gasteiger partial charge < -0.3 is 5.32 Å². The molecule has 1 N–H and O–H groups in total. The molecule has 1 saturated heterocycles.